The molecular weight excluding hydrogens is 306 g/mol. The molecule has 0 spiro atoms. The van der Waals surface area contributed by atoms with Gasteiger partial charge in [-0.2, -0.15) is 0 Å². The highest BCUT2D eigenvalue weighted by Gasteiger charge is 2.37. The molecule has 0 aliphatic carbocycles. The fourth-order valence-electron chi connectivity index (χ4n) is 2.62. The normalized spacial score (nSPS) is 19.9. The Morgan fingerprint density at radius 3 is 2.45 bits per heavy atom. The number of carboxylic acid groups (broad SMARTS) is 1. The Morgan fingerprint density at radius 2 is 1.95 bits per heavy atom. The Kier molecular flexibility index (Phi) is 4.85. The van der Waals surface area contributed by atoms with Crippen LogP contribution in [0.15, 0.2) is 30.3 Å². The van der Waals surface area contributed by atoms with E-state index in [0.29, 0.717) is 6.42 Å². The Morgan fingerprint density at radius 1 is 1.32 bits per heavy atom. The first-order chi connectivity index (χ1) is 10.3. The molecule has 1 aliphatic heterocycles. The Hall–Kier alpha value is -1.89. The summed E-state index contributed by atoms with van der Waals surface area (Å²) in [6.07, 6.45) is 1.51. The Balaban J connectivity index is 2.16. The van der Waals surface area contributed by atoms with E-state index >= 15 is 0 Å². The van der Waals surface area contributed by atoms with E-state index in [4.69, 9.17) is 5.11 Å². The van der Waals surface area contributed by atoms with Gasteiger partial charge in [0.2, 0.25) is 5.91 Å². The van der Waals surface area contributed by atoms with Crippen LogP contribution in [0.1, 0.15) is 12.0 Å². The summed E-state index contributed by atoms with van der Waals surface area (Å²) in [4.78, 5) is 24.8. The molecule has 0 bridgehead atoms. The van der Waals surface area contributed by atoms with Gasteiger partial charge in [0.15, 0.2) is 9.84 Å². The summed E-state index contributed by atoms with van der Waals surface area (Å²) in [5.41, 5.74) is 0.764. The molecule has 22 heavy (non-hydrogen) atoms. The van der Waals surface area contributed by atoms with E-state index in [9.17, 15) is 18.0 Å². The summed E-state index contributed by atoms with van der Waals surface area (Å²) in [5.74, 6) is -2.06. The van der Waals surface area contributed by atoms with Gasteiger partial charge in [-0.15, -0.1) is 0 Å². The van der Waals surface area contributed by atoms with Gasteiger partial charge in [-0.3, -0.25) is 9.59 Å². The minimum Gasteiger partial charge on any atom is -0.481 e. The number of benzene rings is 1. The molecule has 0 aromatic heterocycles. The van der Waals surface area contributed by atoms with Crippen LogP contribution in [0.5, 0.6) is 0 Å². The van der Waals surface area contributed by atoms with E-state index in [1.54, 1.807) is 24.3 Å². The van der Waals surface area contributed by atoms with E-state index in [1.807, 2.05) is 6.07 Å². The molecule has 120 valence electrons. The summed E-state index contributed by atoms with van der Waals surface area (Å²) >= 11 is 0. The SMILES string of the molecule is CS(=O)(=O)C(Cc1ccccc1)C(=O)N1CCC(C(=O)O)C1. The van der Waals surface area contributed by atoms with Gasteiger partial charge >= 0.3 is 5.97 Å². The van der Waals surface area contributed by atoms with Crippen molar-refractivity contribution in [3.63, 3.8) is 0 Å². The van der Waals surface area contributed by atoms with Gasteiger partial charge in [0.1, 0.15) is 5.25 Å². The van der Waals surface area contributed by atoms with E-state index < -0.39 is 32.9 Å². The van der Waals surface area contributed by atoms with Crippen molar-refractivity contribution in [1.82, 2.24) is 4.90 Å². The van der Waals surface area contributed by atoms with Crippen molar-refractivity contribution in [2.75, 3.05) is 19.3 Å². The Labute approximate surface area is 129 Å². The summed E-state index contributed by atoms with van der Waals surface area (Å²) in [7, 11) is -3.58. The maximum absolute atomic E-state index is 12.5. The molecule has 1 aliphatic rings. The van der Waals surface area contributed by atoms with Crippen LogP contribution in [0, 0.1) is 5.92 Å². The fourth-order valence-corrected chi connectivity index (χ4v) is 3.63. The molecule has 1 heterocycles. The van der Waals surface area contributed by atoms with Gasteiger partial charge in [0.25, 0.3) is 0 Å². The minimum absolute atomic E-state index is 0.0783. The number of hydrogen-bond donors (Lipinski definition) is 1. The zero-order chi connectivity index (χ0) is 16.3. The maximum Gasteiger partial charge on any atom is 0.308 e. The average molecular weight is 325 g/mol. The first-order valence-electron chi connectivity index (χ1n) is 7.03. The first-order valence-corrected chi connectivity index (χ1v) is 8.99. The summed E-state index contributed by atoms with van der Waals surface area (Å²) in [6.45, 7) is 0.367. The molecule has 1 amide bonds. The van der Waals surface area contributed by atoms with Crippen molar-refractivity contribution < 1.29 is 23.1 Å². The maximum atomic E-state index is 12.5. The van der Waals surface area contributed by atoms with Crippen LogP contribution in [-0.4, -0.2) is 54.9 Å². The lowest BCUT2D eigenvalue weighted by molar-refractivity contribution is -0.141. The molecule has 2 unspecified atom stereocenters. The van der Waals surface area contributed by atoms with Gasteiger partial charge < -0.3 is 10.0 Å². The lowest BCUT2D eigenvalue weighted by Crippen LogP contribution is -2.43. The lowest BCUT2D eigenvalue weighted by atomic mass is 10.1. The van der Waals surface area contributed by atoms with Gasteiger partial charge in [-0.1, -0.05) is 30.3 Å². The van der Waals surface area contributed by atoms with Gasteiger partial charge in [-0.05, 0) is 18.4 Å². The predicted molar refractivity (Wildman–Crippen MR) is 81.1 cm³/mol. The van der Waals surface area contributed by atoms with Gasteiger partial charge in [0.05, 0.1) is 5.92 Å². The van der Waals surface area contributed by atoms with Crippen LogP contribution in [-0.2, 0) is 25.8 Å². The fraction of sp³-hybridized carbons (Fsp3) is 0.467. The highest BCUT2D eigenvalue weighted by atomic mass is 32.2. The lowest BCUT2D eigenvalue weighted by Gasteiger charge is -2.22. The zero-order valence-electron chi connectivity index (χ0n) is 12.3. The molecule has 2 atom stereocenters. The number of sulfone groups is 1. The average Bonchev–Trinajstić information content (AvgIpc) is 2.94. The summed E-state index contributed by atoms with van der Waals surface area (Å²) in [6, 6.07) is 8.94. The van der Waals surface area contributed by atoms with Crippen molar-refractivity contribution >= 4 is 21.7 Å². The second-order valence-corrected chi connectivity index (χ2v) is 7.84. The molecule has 1 N–H and O–H groups in total. The molecule has 1 fully saturated rings. The molecule has 7 heteroatoms. The molecule has 1 saturated heterocycles. The molecule has 6 nitrogen and oxygen atoms in total. The number of aliphatic carboxylic acids is 1. The molecule has 1 aromatic rings. The van der Waals surface area contributed by atoms with Gasteiger partial charge in [-0.25, -0.2) is 8.42 Å². The van der Waals surface area contributed by atoms with Crippen LogP contribution in [0.3, 0.4) is 0 Å². The molecular formula is C15H19NO5S. The third kappa shape index (κ3) is 3.85. The van der Waals surface area contributed by atoms with Gasteiger partial charge in [0, 0.05) is 19.3 Å². The monoisotopic (exact) mass is 325 g/mol. The van der Waals surface area contributed by atoms with E-state index in [1.165, 1.54) is 4.90 Å². The number of likely N-dealkylation sites (tertiary alicyclic amines) is 1. The highest BCUT2D eigenvalue weighted by molar-refractivity contribution is 7.92. The molecule has 1 aromatic carbocycles. The second kappa shape index (κ2) is 6.48. The van der Waals surface area contributed by atoms with E-state index in [2.05, 4.69) is 0 Å². The standard InChI is InChI=1S/C15H19NO5S/c1-22(20,21)13(9-11-5-3-2-4-6-11)14(17)16-8-7-12(10-16)15(18)19/h2-6,12-13H,7-10H2,1H3,(H,18,19). The third-order valence-corrected chi connectivity index (χ3v) is 5.31. The largest absolute Gasteiger partial charge is 0.481 e. The van der Waals surface area contributed by atoms with Crippen molar-refractivity contribution in [2.24, 2.45) is 5.92 Å². The first kappa shape index (κ1) is 16.5. The molecule has 0 saturated carbocycles. The quantitative estimate of drug-likeness (QED) is 0.855. The van der Waals surface area contributed by atoms with Crippen LogP contribution in [0.2, 0.25) is 0 Å². The smallest absolute Gasteiger partial charge is 0.308 e. The zero-order valence-corrected chi connectivity index (χ0v) is 13.1. The van der Waals surface area contributed by atoms with Crippen LogP contribution in [0.25, 0.3) is 0 Å². The van der Waals surface area contributed by atoms with Crippen molar-refractivity contribution in [1.29, 1.82) is 0 Å². The van der Waals surface area contributed by atoms with Crippen molar-refractivity contribution in [3.8, 4) is 0 Å². The highest BCUT2D eigenvalue weighted by Crippen LogP contribution is 2.20. The number of amides is 1. The number of hydrogen-bond acceptors (Lipinski definition) is 4. The van der Waals surface area contributed by atoms with E-state index in [0.717, 1.165) is 11.8 Å². The topological polar surface area (TPSA) is 91.8 Å². The third-order valence-electron chi connectivity index (χ3n) is 3.91. The van der Waals surface area contributed by atoms with Crippen LogP contribution < -0.4 is 0 Å². The second-order valence-electron chi connectivity index (χ2n) is 5.62. The number of nitrogens with zero attached hydrogens (tertiary/aromatic N) is 1. The van der Waals surface area contributed by atoms with E-state index in [-0.39, 0.29) is 19.5 Å². The van der Waals surface area contributed by atoms with Crippen LogP contribution in [0.4, 0.5) is 0 Å². The number of carbonyl (C=O) groups excluding carboxylic acids is 1. The Bertz CT molecular complexity index is 656. The number of rotatable bonds is 5. The molecule has 2 rings (SSSR count). The summed E-state index contributed by atoms with van der Waals surface area (Å²) < 4.78 is 24.0. The predicted octanol–water partition coefficient (Wildman–Crippen LogP) is 0.575. The number of carboxylic acids is 1. The van der Waals surface area contributed by atoms with Crippen LogP contribution >= 0.6 is 0 Å². The number of carbonyl (C=O) groups is 2. The molecule has 0 radical (unpaired) electrons. The van der Waals surface area contributed by atoms with Crippen molar-refractivity contribution in [3.05, 3.63) is 35.9 Å². The minimum atomic E-state index is -3.58. The van der Waals surface area contributed by atoms with Crippen molar-refractivity contribution in [2.45, 2.75) is 18.1 Å². The summed E-state index contributed by atoms with van der Waals surface area (Å²) in [5, 5.41) is 7.83.